The second-order valence-electron chi connectivity index (χ2n) is 2.97. The molecule has 0 radical (unpaired) electrons. The highest BCUT2D eigenvalue weighted by Crippen LogP contribution is 2.57. The summed E-state index contributed by atoms with van der Waals surface area (Å²) in [6, 6.07) is 7.24. The Bertz CT molecular complexity index is 527. The minimum Gasteiger partial charge on any atom is -0.460 e. The van der Waals surface area contributed by atoms with Crippen molar-refractivity contribution in [3.8, 4) is 0 Å². The molecule has 0 aliphatic rings. The van der Waals surface area contributed by atoms with Gasteiger partial charge in [-0.15, -0.1) is 0 Å². The summed E-state index contributed by atoms with van der Waals surface area (Å²) >= 11 is 11.3. The molecule has 0 amide bonds. The van der Waals surface area contributed by atoms with E-state index in [2.05, 4.69) is 0 Å². The molecule has 2 rings (SSSR count). The third-order valence-corrected chi connectivity index (χ3v) is 4.09. The van der Waals surface area contributed by atoms with E-state index in [-0.39, 0.29) is 0 Å². The lowest BCUT2D eigenvalue weighted by atomic mass is 10.2. The first-order valence-electron chi connectivity index (χ1n) is 3.98. The Labute approximate surface area is 90.8 Å². The molecular formula is C9H7Cl2O2P. The number of hydrogen-bond acceptors (Lipinski definition) is 2. The van der Waals surface area contributed by atoms with Crippen molar-refractivity contribution in [3.63, 3.8) is 0 Å². The molecular weight excluding hydrogens is 242 g/mol. The van der Waals surface area contributed by atoms with E-state index in [1.165, 1.54) is 0 Å². The van der Waals surface area contributed by atoms with E-state index in [1.54, 1.807) is 19.1 Å². The van der Waals surface area contributed by atoms with E-state index in [1.807, 2.05) is 12.1 Å². The van der Waals surface area contributed by atoms with E-state index in [0.717, 1.165) is 5.39 Å². The molecule has 0 aliphatic heterocycles. The van der Waals surface area contributed by atoms with Gasteiger partial charge in [0.2, 0.25) is 0 Å². The van der Waals surface area contributed by atoms with E-state index in [0.29, 0.717) is 16.6 Å². The Morgan fingerprint density at radius 1 is 1.29 bits per heavy atom. The molecule has 2 aromatic rings. The zero-order chi connectivity index (χ0) is 10.3. The van der Waals surface area contributed by atoms with Gasteiger partial charge >= 0.3 is 0 Å². The van der Waals surface area contributed by atoms with Gasteiger partial charge in [0.05, 0.1) is 5.30 Å². The summed E-state index contributed by atoms with van der Waals surface area (Å²) in [5.41, 5.74) is 0.654. The molecule has 14 heavy (non-hydrogen) atoms. The first-order valence-corrected chi connectivity index (χ1v) is 7.50. The van der Waals surface area contributed by atoms with Crippen molar-refractivity contribution >= 4 is 44.6 Å². The van der Waals surface area contributed by atoms with Gasteiger partial charge in [0, 0.05) is 5.39 Å². The van der Waals surface area contributed by atoms with Gasteiger partial charge in [-0.05, 0) is 35.5 Å². The highest BCUT2D eigenvalue weighted by atomic mass is 35.9. The Morgan fingerprint density at radius 2 is 1.93 bits per heavy atom. The van der Waals surface area contributed by atoms with Crippen LogP contribution in [0.25, 0.3) is 11.0 Å². The van der Waals surface area contributed by atoms with Gasteiger partial charge in [-0.1, -0.05) is 18.2 Å². The monoisotopic (exact) mass is 248 g/mol. The molecule has 2 nitrogen and oxygen atoms in total. The number of furan rings is 1. The lowest BCUT2D eigenvalue weighted by molar-refractivity contribution is 0.578. The third kappa shape index (κ3) is 1.58. The van der Waals surface area contributed by atoms with Gasteiger partial charge in [0.15, 0.2) is 0 Å². The van der Waals surface area contributed by atoms with Gasteiger partial charge in [-0.3, -0.25) is 4.57 Å². The van der Waals surface area contributed by atoms with Crippen LogP contribution in [0.2, 0.25) is 0 Å². The minimum absolute atomic E-state index is 0.413. The Balaban J connectivity index is 2.88. The van der Waals surface area contributed by atoms with Crippen LogP contribution in [0.3, 0.4) is 0 Å². The minimum atomic E-state index is -3.30. The lowest BCUT2D eigenvalue weighted by Crippen LogP contribution is -1.98. The number of halogens is 2. The standard InChI is InChI=1S/C9H7Cl2O2P/c1-6-9(14(10,11)12)7-4-2-3-5-8(7)13-6/h2-5H,1H3. The van der Waals surface area contributed by atoms with Crippen molar-refractivity contribution < 1.29 is 8.98 Å². The molecule has 0 saturated heterocycles. The smallest absolute Gasteiger partial charge is 0.286 e. The average Bonchev–Trinajstić information content (AvgIpc) is 2.38. The van der Waals surface area contributed by atoms with Crippen LogP contribution in [0, 0.1) is 6.92 Å². The van der Waals surface area contributed by atoms with Gasteiger partial charge < -0.3 is 4.42 Å². The number of fused-ring (bicyclic) bond motifs is 1. The van der Waals surface area contributed by atoms with Gasteiger partial charge in [-0.25, -0.2) is 0 Å². The van der Waals surface area contributed by atoms with Crippen LogP contribution in [0.5, 0.6) is 0 Å². The van der Waals surface area contributed by atoms with Crippen molar-refractivity contribution in [1.82, 2.24) is 0 Å². The van der Waals surface area contributed by atoms with Crippen molar-refractivity contribution in [2.75, 3.05) is 0 Å². The molecule has 0 bridgehead atoms. The maximum Gasteiger partial charge on any atom is 0.286 e. The third-order valence-electron chi connectivity index (χ3n) is 2.00. The number of benzene rings is 1. The quantitative estimate of drug-likeness (QED) is 0.714. The fourth-order valence-electron chi connectivity index (χ4n) is 1.48. The summed E-state index contributed by atoms with van der Waals surface area (Å²) in [6.07, 6.45) is 0. The van der Waals surface area contributed by atoms with Crippen molar-refractivity contribution in [2.45, 2.75) is 6.92 Å². The average molecular weight is 249 g/mol. The molecule has 0 unspecified atom stereocenters. The van der Waals surface area contributed by atoms with Crippen LogP contribution in [-0.4, -0.2) is 0 Å². The Hall–Kier alpha value is -0.430. The van der Waals surface area contributed by atoms with Crippen molar-refractivity contribution in [2.24, 2.45) is 0 Å². The summed E-state index contributed by atoms with van der Waals surface area (Å²) in [5.74, 6) is -2.79. The van der Waals surface area contributed by atoms with Crippen LogP contribution in [0.15, 0.2) is 28.7 Å². The molecule has 1 heterocycles. The topological polar surface area (TPSA) is 30.2 Å². The Morgan fingerprint density at radius 3 is 2.57 bits per heavy atom. The number of para-hydroxylation sites is 1. The van der Waals surface area contributed by atoms with Crippen LogP contribution < -0.4 is 5.30 Å². The highest BCUT2D eigenvalue weighted by molar-refractivity contribution is 8.13. The van der Waals surface area contributed by atoms with Crippen molar-refractivity contribution in [3.05, 3.63) is 30.0 Å². The predicted octanol–water partition coefficient (Wildman–Crippen LogP) is 4.04. The van der Waals surface area contributed by atoms with Crippen LogP contribution in [0.4, 0.5) is 0 Å². The van der Waals surface area contributed by atoms with E-state index < -0.39 is 5.85 Å². The molecule has 0 spiro atoms. The largest absolute Gasteiger partial charge is 0.460 e. The predicted molar refractivity (Wildman–Crippen MR) is 59.9 cm³/mol. The summed E-state index contributed by atoms with van der Waals surface area (Å²) in [7, 11) is 0. The molecule has 74 valence electrons. The van der Waals surface area contributed by atoms with Crippen LogP contribution in [0.1, 0.15) is 5.76 Å². The molecule has 0 atom stereocenters. The van der Waals surface area contributed by atoms with Gasteiger partial charge in [0.1, 0.15) is 11.3 Å². The first-order chi connectivity index (χ1) is 6.50. The molecule has 0 saturated carbocycles. The fourth-order valence-corrected chi connectivity index (χ4v) is 3.62. The molecule has 0 fully saturated rings. The number of aryl methyl sites for hydroxylation is 1. The van der Waals surface area contributed by atoms with Crippen LogP contribution in [-0.2, 0) is 4.57 Å². The first kappa shape index (κ1) is 10.1. The normalized spacial score (nSPS) is 12.2. The van der Waals surface area contributed by atoms with E-state index >= 15 is 0 Å². The zero-order valence-electron chi connectivity index (χ0n) is 7.33. The van der Waals surface area contributed by atoms with Gasteiger partial charge in [-0.2, -0.15) is 0 Å². The molecule has 0 N–H and O–H groups in total. The van der Waals surface area contributed by atoms with E-state index in [4.69, 9.17) is 26.9 Å². The maximum atomic E-state index is 11.6. The number of rotatable bonds is 1. The molecule has 1 aromatic carbocycles. The second-order valence-corrected chi connectivity index (χ2v) is 7.71. The Kier molecular flexibility index (Phi) is 2.38. The number of hydrogen-bond donors (Lipinski definition) is 0. The lowest BCUT2D eigenvalue weighted by Gasteiger charge is -1.99. The van der Waals surface area contributed by atoms with Gasteiger partial charge in [0.25, 0.3) is 5.85 Å². The maximum absolute atomic E-state index is 11.6. The summed E-state index contributed by atoms with van der Waals surface area (Å²) in [4.78, 5) is 0. The van der Waals surface area contributed by atoms with E-state index in [9.17, 15) is 4.57 Å². The van der Waals surface area contributed by atoms with Crippen molar-refractivity contribution in [1.29, 1.82) is 0 Å². The SMILES string of the molecule is Cc1oc2ccccc2c1P(=O)(Cl)Cl. The summed E-state index contributed by atoms with van der Waals surface area (Å²) in [5, 5.41) is 1.13. The molecule has 1 aromatic heterocycles. The fraction of sp³-hybridized carbons (Fsp3) is 0.111. The molecule has 0 aliphatic carbocycles. The second kappa shape index (κ2) is 3.30. The molecule has 5 heteroatoms. The van der Waals surface area contributed by atoms with Crippen LogP contribution >= 0.6 is 28.3 Å². The summed E-state index contributed by atoms with van der Waals surface area (Å²) < 4.78 is 17.0. The highest BCUT2D eigenvalue weighted by Gasteiger charge is 2.26. The summed E-state index contributed by atoms with van der Waals surface area (Å²) in [6.45, 7) is 1.70. The zero-order valence-corrected chi connectivity index (χ0v) is 9.74.